The average Bonchev–Trinajstić information content (AvgIpc) is 2.90. The maximum absolute atomic E-state index is 13.0. The van der Waals surface area contributed by atoms with Gasteiger partial charge in [0, 0.05) is 31.9 Å². The molecular formula is C17H22FN3O2. The van der Waals surface area contributed by atoms with E-state index in [1.165, 1.54) is 12.1 Å². The number of rotatable bonds is 3. The Morgan fingerprint density at radius 1 is 1.13 bits per heavy atom. The normalized spacial score (nSPS) is 19.6. The molecule has 1 aromatic carbocycles. The van der Waals surface area contributed by atoms with Crippen LogP contribution in [0.15, 0.2) is 24.3 Å². The van der Waals surface area contributed by atoms with E-state index in [1.54, 1.807) is 21.9 Å². The Kier molecular flexibility index (Phi) is 4.50. The van der Waals surface area contributed by atoms with Crippen LogP contribution in [0.25, 0.3) is 0 Å². The van der Waals surface area contributed by atoms with Crippen molar-refractivity contribution in [1.29, 1.82) is 0 Å². The molecule has 2 aliphatic heterocycles. The number of halogens is 1. The Labute approximate surface area is 135 Å². The van der Waals surface area contributed by atoms with E-state index in [4.69, 9.17) is 0 Å². The molecule has 23 heavy (non-hydrogen) atoms. The summed E-state index contributed by atoms with van der Waals surface area (Å²) >= 11 is 0. The Hall–Kier alpha value is -2.11. The summed E-state index contributed by atoms with van der Waals surface area (Å²) in [5.74, 6) is 0.361. The van der Waals surface area contributed by atoms with Gasteiger partial charge >= 0.3 is 6.03 Å². The van der Waals surface area contributed by atoms with Gasteiger partial charge in [0.05, 0.1) is 0 Å². The minimum Gasteiger partial charge on any atom is -0.341 e. The number of nitrogens with zero attached hydrogens (tertiary/aromatic N) is 3. The van der Waals surface area contributed by atoms with E-state index in [9.17, 15) is 14.0 Å². The van der Waals surface area contributed by atoms with Crippen LogP contribution in [0.2, 0.25) is 0 Å². The summed E-state index contributed by atoms with van der Waals surface area (Å²) in [6.07, 6.45) is 2.06. The van der Waals surface area contributed by atoms with Gasteiger partial charge in [-0.2, -0.15) is 0 Å². The molecule has 2 fully saturated rings. The van der Waals surface area contributed by atoms with Crippen molar-refractivity contribution in [2.45, 2.75) is 19.8 Å². The van der Waals surface area contributed by atoms with Crippen LogP contribution in [0.3, 0.4) is 0 Å². The van der Waals surface area contributed by atoms with E-state index in [1.807, 2.05) is 4.90 Å². The average molecular weight is 319 g/mol. The molecule has 5 nitrogen and oxygen atoms in total. The molecule has 2 saturated heterocycles. The van der Waals surface area contributed by atoms with E-state index in [-0.39, 0.29) is 24.3 Å². The largest absolute Gasteiger partial charge is 0.341 e. The maximum Gasteiger partial charge on any atom is 0.325 e. The van der Waals surface area contributed by atoms with E-state index in [0.717, 1.165) is 25.9 Å². The van der Waals surface area contributed by atoms with Crippen molar-refractivity contribution in [3.8, 4) is 0 Å². The van der Waals surface area contributed by atoms with Gasteiger partial charge in [-0.3, -0.25) is 9.69 Å². The monoisotopic (exact) mass is 319 g/mol. The molecule has 0 aromatic heterocycles. The van der Waals surface area contributed by atoms with Crippen molar-refractivity contribution in [3.63, 3.8) is 0 Å². The summed E-state index contributed by atoms with van der Waals surface area (Å²) in [7, 11) is 0. The predicted octanol–water partition coefficient (Wildman–Crippen LogP) is 2.33. The zero-order valence-electron chi connectivity index (χ0n) is 13.4. The lowest BCUT2D eigenvalue weighted by atomic mass is 9.99. The fourth-order valence-corrected chi connectivity index (χ4v) is 3.11. The molecule has 0 unspecified atom stereocenters. The lowest BCUT2D eigenvalue weighted by Crippen LogP contribution is -2.45. The molecule has 0 N–H and O–H groups in total. The van der Waals surface area contributed by atoms with Crippen molar-refractivity contribution >= 4 is 17.6 Å². The van der Waals surface area contributed by atoms with Gasteiger partial charge in [0.15, 0.2) is 0 Å². The quantitative estimate of drug-likeness (QED) is 0.858. The Morgan fingerprint density at radius 3 is 2.43 bits per heavy atom. The molecule has 0 spiro atoms. The van der Waals surface area contributed by atoms with Gasteiger partial charge in [-0.15, -0.1) is 0 Å². The fraction of sp³-hybridized carbons (Fsp3) is 0.529. The second kappa shape index (κ2) is 6.56. The Bertz CT molecular complexity index is 582. The maximum atomic E-state index is 13.0. The highest BCUT2D eigenvalue weighted by Gasteiger charge is 2.32. The van der Waals surface area contributed by atoms with Crippen molar-refractivity contribution < 1.29 is 14.0 Å². The number of piperidine rings is 1. The van der Waals surface area contributed by atoms with Crippen LogP contribution in [-0.4, -0.2) is 54.5 Å². The van der Waals surface area contributed by atoms with Crippen LogP contribution in [0.4, 0.5) is 14.9 Å². The van der Waals surface area contributed by atoms with Crippen LogP contribution in [0.5, 0.6) is 0 Å². The molecule has 0 aliphatic carbocycles. The van der Waals surface area contributed by atoms with E-state index in [2.05, 4.69) is 6.92 Å². The molecule has 6 heteroatoms. The first-order chi connectivity index (χ1) is 11.0. The van der Waals surface area contributed by atoms with Gasteiger partial charge in [0.1, 0.15) is 12.4 Å². The number of likely N-dealkylation sites (tertiary alicyclic amines) is 1. The molecule has 0 radical (unpaired) electrons. The molecule has 0 saturated carbocycles. The number of hydrogen-bond donors (Lipinski definition) is 0. The zero-order chi connectivity index (χ0) is 16.4. The van der Waals surface area contributed by atoms with Gasteiger partial charge in [0.2, 0.25) is 5.91 Å². The summed E-state index contributed by atoms with van der Waals surface area (Å²) in [6, 6.07) is 5.67. The van der Waals surface area contributed by atoms with Crippen molar-refractivity contribution in [2.75, 3.05) is 37.6 Å². The lowest BCUT2D eigenvalue weighted by molar-refractivity contribution is -0.132. The molecule has 3 rings (SSSR count). The first kappa shape index (κ1) is 15.8. The second-order valence-corrected chi connectivity index (χ2v) is 6.40. The fourth-order valence-electron chi connectivity index (χ4n) is 3.11. The number of carbonyl (C=O) groups is 2. The van der Waals surface area contributed by atoms with E-state index in [0.29, 0.717) is 24.7 Å². The first-order valence-electron chi connectivity index (χ1n) is 8.14. The number of amides is 3. The molecular weight excluding hydrogens is 297 g/mol. The first-order valence-corrected chi connectivity index (χ1v) is 8.14. The number of benzene rings is 1. The van der Waals surface area contributed by atoms with Crippen LogP contribution < -0.4 is 4.90 Å². The molecule has 2 heterocycles. The number of carbonyl (C=O) groups excluding carboxylic acids is 2. The minimum absolute atomic E-state index is 0.0196. The zero-order valence-corrected chi connectivity index (χ0v) is 13.4. The molecule has 3 amide bonds. The number of hydrogen-bond acceptors (Lipinski definition) is 2. The van der Waals surface area contributed by atoms with Gasteiger partial charge in [-0.1, -0.05) is 6.92 Å². The van der Waals surface area contributed by atoms with Crippen LogP contribution in [-0.2, 0) is 4.79 Å². The van der Waals surface area contributed by atoms with E-state index >= 15 is 0 Å². The Morgan fingerprint density at radius 2 is 1.78 bits per heavy atom. The molecule has 2 aliphatic rings. The van der Waals surface area contributed by atoms with Crippen molar-refractivity contribution in [2.24, 2.45) is 5.92 Å². The summed E-state index contributed by atoms with van der Waals surface area (Å²) in [6.45, 7) is 4.94. The highest BCUT2D eigenvalue weighted by atomic mass is 19.1. The molecule has 0 atom stereocenters. The SMILES string of the molecule is CC1CCN(C(=O)CN2CCN(c3ccc(F)cc3)C2=O)CC1. The predicted molar refractivity (Wildman–Crippen MR) is 85.7 cm³/mol. The number of urea groups is 1. The highest BCUT2D eigenvalue weighted by molar-refractivity contribution is 5.96. The molecule has 1 aromatic rings. The summed E-state index contributed by atoms with van der Waals surface area (Å²) in [5.41, 5.74) is 0.665. The number of anilines is 1. The second-order valence-electron chi connectivity index (χ2n) is 6.40. The van der Waals surface area contributed by atoms with E-state index < -0.39 is 0 Å². The molecule has 124 valence electrons. The molecule has 0 bridgehead atoms. The lowest BCUT2D eigenvalue weighted by Gasteiger charge is -2.31. The minimum atomic E-state index is -0.327. The van der Waals surface area contributed by atoms with Crippen molar-refractivity contribution in [3.05, 3.63) is 30.1 Å². The smallest absolute Gasteiger partial charge is 0.325 e. The topological polar surface area (TPSA) is 43.9 Å². The van der Waals surface area contributed by atoms with Crippen LogP contribution in [0.1, 0.15) is 19.8 Å². The highest BCUT2D eigenvalue weighted by Crippen LogP contribution is 2.21. The summed E-state index contributed by atoms with van der Waals surface area (Å²) < 4.78 is 13.0. The van der Waals surface area contributed by atoms with Gasteiger partial charge in [0.25, 0.3) is 0 Å². The van der Waals surface area contributed by atoms with Gasteiger partial charge < -0.3 is 9.80 Å². The van der Waals surface area contributed by atoms with Crippen LogP contribution >= 0.6 is 0 Å². The third kappa shape index (κ3) is 3.46. The third-order valence-corrected chi connectivity index (χ3v) is 4.70. The third-order valence-electron chi connectivity index (χ3n) is 4.70. The van der Waals surface area contributed by atoms with Crippen LogP contribution in [0, 0.1) is 11.7 Å². The van der Waals surface area contributed by atoms with Gasteiger partial charge in [-0.25, -0.2) is 9.18 Å². The summed E-state index contributed by atoms with van der Waals surface area (Å²) in [5, 5.41) is 0. The summed E-state index contributed by atoms with van der Waals surface area (Å²) in [4.78, 5) is 29.8. The van der Waals surface area contributed by atoms with Gasteiger partial charge in [-0.05, 0) is 43.0 Å². The Balaban J connectivity index is 1.58. The standard InChI is InChI=1S/C17H22FN3O2/c1-13-6-8-19(9-7-13)16(22)12-20-10-11-21(17(20)23)15-4-2-14(18)3-5-15/h2-5,13H,6-12H2,1H3. The van der Waals surface area contributed by atoms with Crippen molar-refractivity contribution in [1.82, 2.24) is 9.80 Å².